The maximum atomic E-state index is 4.50. The van der Waals surface area contributed by atoms with Gasteiger partial charge in [0.1, 0.15) is 0 Å². The van der Waals surface area contributed by atoms with Gasteiger partial charge in [-0.1, -0.05) is 33.1 Å². The molecule has 0 heterocycles. The van der Waals surface area contributed by atoms with Crippen LogP contribution in [0.5, 0.6) is 0 Å². The second-order valence-electron chi connectivity index (χ2n) is 1.35. The second-order valence-corrected chi connectivity index (χ2v) is 1.35. The van der Waals surface area contributed by atoms with Gasteiger partial charge < -0.3 is 17.2 Å². The third-order valence-corrected chi connectivity index (χ3v) is 0.707. The lowest BCUT2D eigenvalue weighted by atomic mass is 10.3. The van der Waals surface area contributed by atoms with Crippen molar-refractivity contribution in [3.8, 4) is 0 Å². The molecular weight excluding hydrogens is 138 g/mol. The summed E-state index contributed by atoms with van der Waals surface area (Å²) in [7, 11) is 4.50. The number of nitrogens with two attached hydrogens (primary N) is 3. The van der Waals surface area contributed by atoms with E-state index in [0.717, 1.165) is 0 Å². The van der Waals surface area contributed by atoms with Crippen molar-refractivity contribution in [1.29, 1.82) is 0 Å². The van der Waals surface area contributed by atoms with Crippen LogP contribution in [0.4, 0.5) is 0 Å². The number of unbranched alkanes of at least 4 members (excludes halogenated alkanes) is 2. The first-order valence-corrected chi connectivity index (χ1v) is 4.15. The van der Waals surface area contributed by atoms with E-state index < -0.39 is 0 Å². The first kappa shape index (κ1) is 22.4. The minimum atomic E-state index is 1.34. The molecule has 0 saturated heterocycles. The summed E-state index contributed by atoms with van der Waals surface area (Å²) in [5.41, 5.74) is 13.5. The van der Waals surface area contributed by atoms with E-state index in [1.54, 1.807) is 0 Å². The zero-order chi connectivity index (χ0) is 10.1. The fourth-order valence-electron chi connectivity index (χ4n) is 0.354. The molecule has 3 nitrogen and oxygen atoms in total. The monoisotopic (exact) mass is 165 g/mol. The van der Waals surface area contributed by atoms with Gasteiger partial charge in [0, 0.05) is 0 Å². The number of hydrogen-bond donors (Lipinski definition) is 3. The van der Waals surface area contributed by atoms with Gasteiger partial charge in [0.25, 0.3) is 0 Å². The zero-order valence-electron chi connectivity index (χ0n) is 8.85. The summed E-state index contributed by atoms with van der Waals surface area (Å²) >= 11 is 0. The van der Waals surface area contributed by atoms with Crippen molar-refractivity contribution in [1.82, 2.24) is 0 Å². The molecule has 74 valence electrons. The summed E-state index contributed by atoms with van der Waals surface area (Å²) in [6.45, 7) is 4.42. The lowest BCUT2D eigenvalue weighted by Gasteiger charge is -1.79. The number of hydrogen-bond acceptors (Lipinski definition) is 3. The smallest absolute Gasteiger partial charge is 0.0195 e. The average Bonchev–Trinajstić information content (AvgIpc) is 2.16. The highest BCUT2D eigenvalue weighted by molar-refractivity contribution is 4.24. The first-order chi connectivity index (χ1) is 5.41. The molecule has 0 saturated carbocycles. The molecule has 0 atom stereocenters. The van der Waals surface area contributed by atoms with Crippen molar-refractivity contribution in [2.45, 2.75) is 33.1 Å². The van der Waals surface area contributed by atoms with Crippen LogP contribution in [0.3, 0.4) is 0 Å². The van der Waals surface area contributed by atoms with Gasteiger partial charge in [0.2, 0.25) is 0 Å². The summed E-state index contributed by atoms with van der Waals surface area (Å²) in [5, 5.41) is 0. The third kappa shape index (κ3) is 174. The van der Waals surface area contributed by atoms with Crippen molar-refractivity contribution < 1.29 is 0 Å². The minimum Gasteiger partial charge on any atom is -0.333 e. The molecule has 0 fully saturated rings. The molecule has 6 N–H and O–H groups in total. The molecule has 0 amide bonds. The van der Waals surface area contributed by atoms with Gasteiger partial charge in [-0.3, -0.25) is 0 Å². The highest BCUT2D eigenvalue weighted by atomic mass is 14.4. The lowest BCUT2D eigenvalue weighted by molar-refractivity contribution is 0.772. The molecule has 0 spiro atoms. The standard InChI is InChI=1S/C5H12.3CH5N/c1-3-5-4-2;3*1-2/h3-5H2,1-2H3;3*2H2,1H3. The van der Waals surface area contributed by atoms with Crippen LogP contribution >= 0.6 is 0 Å². The Balaban J connectivity index is -0.0000000350. The summed E-state index contributed by atoms with van der Waals surface area (Å²) in [5.74, 6) is 0. The molecular formula is C8H27N3. The Labute approximate surface area is 72.3 Å². The molecule has 0 aromatic carbocycles. The minimum absolute atomic E-state index is 1.34. The normalized spacial score (nSPS) is 5.45. The fraction of sp³-hybridized carbons (Fsp3) is 1.00. The molecule has 0 rings (SSSR count). The average molecular weight is 165 g/mol. The van der Waals surface area contributed by atoms with Gasteiger partial charge in [-0.15, -0.1) is 0 Å². The zero-order valence-corrected chi connectivity index (χ0v) is 8.85. The first-order valence-electron chi connectivity index (χ1n) is 4.15. The largest absolute Gasteiger partial charge is 0.333 e. The fourth-order valence-corrected chi connectivity index (χ4v) is 0.354. The molecule has 11 heavy (non-hydrogen) atoms. The van der Waals surface area contributed by atoms with E-state index in [1.165, 1.54) is 40.4 Å². The summed E-state index contributed by atoms with van der Waals surface area (Å²) in [4.78, 5) is 0. The molecule has 3 heteroatoms. The molecule has 0 bridgehead atoms. The Bertz CT molecular complexity index is 16.8. The van der Waals surface area contributed by atoms with Gasteiger partial charge in [0.15, 0.2) is 0 Å². The Morgan fingerprint density at radius 1 is 0.636 bits per heavy atom. The SMILES string of the molecule is CCCCC.CN.CN.CN. The van der Waals surface area contributed by atoms with Crippen molar-refractivity contribution in [2.75, 3.05) is 21.1 Å². The second kappa shape index (κ2) is 93.9. The van der Waals surface area contributed by atoms with Crippen LogP contribution in [0, 0.1) is 0 Å². The van der Waals surface area contributed by atoms with Gasteiger partial charge in [0.05, 0.1) is 0 Å². The topological polar surface area (TPSA) is 78.1 Å². The van der Waals surface area contributed by atoms with E-state index in [4.69, 9.17) is 0 Å². The van der Waals surface area contributed by atoms with Crippen LogP contribution in [0.25, 0.3) is 0 Å². The lowest BCUT2D eigenvalue weighted by Crippen LogP contribution is -1.69. The summed E-state index contributed by atoms with van der Waals surface area (Å²) in [6, 6.07) is 0. The van der Waals surface area contributed by atoms with E-state index in [9.17, 15) is 0 Å². The van der Waals surface area contributed by atoms with Gasteiger partial charge >= 0.3 is 0 Å². The number of rotatable bonds is 2. The third-order valence-electron chi connectivity index (χ3n) is 0.707. The predicted molar refractivity (Wildman–Crippen MR) is 55.5 cm³/mol. The molecule has 0 radical (unpaired) electrons. The predicted octanol–water partition coefficient (Wildman–Crippen LogP) is 0.921. The molecule has 0 aliphatic heterocycles. The quantitative estimate of drug-likeness (QED) is 0.569. The molecule has 0 aromatic rings. The molecule has 0 aliphatic rings. The van der Waals surface area contributed by atoms with Crippen LogP contribution in [0.1, 0.15) is 33.1 Å². The van der Waals surface area contributed by atoms with Gasteiger partial charge in [-0.2, -0.15) is 0 Å². The Morgan fingerprint density at radius 2 is 0.818 bits per heavy atom. The molecule has 0 aliphatic carbocycles. The van der Waals surface area contributed by atoms with Crippen LogP contribution < -0.4 is 17.2 Å². The maximum Gasteiger partial charge on any atom is -0.0195 e. The van der Waals surface area contributed by atoms with E-state index in [1.807, 2.05) is 0 Å². The maximum absolute atomic E-state index is 4.50. The van der Waals surface area contributed by atoms with Crippen molar-refractivity contribution in [3.05, 3.63) is 0 Å². The Kier molecular flexibility index (Phi) is 192. The van der Waals surface area contributed by atoms with Crippen LogP contribution in [0.15, 0.2) is 0 Å². The van der Waals surface area contributed by atoms with Gasteiger partial charge in [-0.05, 0) is 21.1 Å². The van der Waals surface area contributed by atoms with E-state index >= 15 is 0 Å². The highest BCUT2D eigenvalue weighted by Crippen LogP contribution is 1.88. The van der Waals surface area contributed by atoms with E-state index in [-0.39, 0.29) is 0 Å². The van der Waals surface area contributed by atoms with Crippen molar-refractivity contribution in [2.24, 2.45) is 17.2 Å². The van der Waals surface area contributed by atoms with E-state index in [0.29, 0.717) is 0 Å². The Morgan fingerprint density at radius 3 is 0.818 bits per heavy atom. The van der Waals surface area contributed by atoms with Crippen LogP contribution in [0.2, 0.25) is 0 Å². The van der Waals surface area contributed by atoms with Crippen molar-refractivity contribution >= 4 is 0 Å². The van der Waals surface area contributed by atoms with Crippen LogP contribution in [-0.2, 0) is 0 Å². The molecule has 0 unspecified atom stereocenters. The van der Waals surface area contributed by atoms with Crippen LogP contribution in [-0.4, -0.2) is 21.1 Å². The molecule has 0 aromatic heterocycles. The summed E-state index contributed by atoms with van der Waals surface area (Å²) < 4.78 is 0. The van der Waals surface area contributed by atoms with Crippen molar-refractivity contribution in [3.63, 3.8) is 0 Å². The Hall–Kier alpha value is -0.120. The summed E-state index contributed by atoms with van der Waals surface area (Å²) in [6.07, 6.45) is 4.08. The van der Waals surface area contributed by atoms with E-state index in [2.05, 4.69) is 31.0 Å². The highest BCUT2D eigenvalue weighted by Gasteiger charge is 1.68. The van der Waals surface area contributed by atoms with Gasteiger partial charge in [-0.25, -0.2) is 0 Å².